The van der Waals surface area contributed by atoms with Gasteiger partial charge in [0.2, 0.25) is 5.92 Å². The Kier molecular flexibility index (Phi) is 4.06. The number of halogens is 2. The van der Waals surface area contributed by atoms with Crippen LogP contribution in [-0.2, 0) is 6.54 Å². The van der Waals surface area contributed by atoms with Gasteiger partial charge in [0.15, 0.2) is 5.65 Å². The second-order valence-electron chi connectivity index (χ2n) is 8.04. The molecule has 0 bridgehead atoms. The minimum absolute atomic E-state index is 0.138. The predicted molar refractivity (Wildman–Crippen MR) is 98.3 cm³/mol. The highest BCUT2D eigenvalue weighted by Gasteiger charge is 2.37. The van der Waals surface area contributed by atoms with E-state index in [0.717, 1.165) is 19.4 Å². The molecule has 3 aromatic heterocycles. The molecule has 0 aromatic carbocycles. The Labute approximate surface area is 159 Å². The van der Waals surface area contributed by atoms with E-state index in [4.69, 9.17) is 4.98 Å². The van der Waals surface area contributed by atoms with Crippen molar-refractivity contribution in [2.45, 2.75) is 63.0 Å². The SMILES string of the molecule is O=c1[nH]c(C2CC[C@H]2Cn2cccn2)nc2c1cnn2C1CCC(F)(F)CC1. The van der Waals surface area contributed by atoms with E-state index in [2.05, 4.69) is 15.2 Å². The number of fused-ring (bicyclic) bond motifs is 1. The van der Waals surface area contributed by atoms with E-state index in [9.17, 15) is 13.6 Å². The zero-order valence-corrected chi connectivity index (χ0v) is 15.4. The standard InChI is InChI=1S/C19H22F2N6O/c20-19(21)6-4-13(5-7-19)27-17-15(10-23-27)18(28)25-16(24-17)14-3-2-12(14)11-26-9-1-8-22-26/h1,8-10,12-14H,2-7,11H2,(H,24,25,28)/t12-,14?/m0/s1. The molecule has 2 atom stereocenters. The maximum absolute atomic E-state index is 13.5. The van der Waals surface area contributed by atoms with Gasteiger partial charge in [-0.05, 0) is 37.7 Å². The van der Waals surface area contributed by atoms with Crippen molar-refractivity contribution < 1.29 is 8.78 Å². The summed E-state index contributed by atoms with van der Waals surface area (Å²) in [6, 6.07) is 1.76. The van der Waals surface area contributed by atoms with Gasteiger partial charge < -0.3 is 4.98 Å². The van der Waals surface area contributed by atoms with E-state index >= 15 is 0 Å². The Bertz CT molecular complexity index is 1030. The van der Waals surface area contributed by atoms with E-state index in [1.807, 2.05) is 16.9 Å². The van der Waals surface area contributed by atoms with Crippen molar-refractivity contribution in [2.24, 2.45) is 5.92 Å². The molecule has 1 unspecified atom stereocenters. The molecule has 9 heteroatoms. The van der Waals surface area contributed by atoms with E-state index < -0.39 is 5.92 Å². The molecule has 7 nitrogen and oxygen atoms in total. The lowest BCUT2D eigenvalue weighted by molar-refractivity contribution is -0.0446. The summed E-state index contributed by atoms with van der Waals surface area (Å²) in [5.74, 6) is -1.39. The van der Waals surface area contributed by atoms with Gasteiger partial charge in [-0.2, -0.15) is 10.2 Å². The molecule has 0 amide bonds. The summed E-state index contributed by atoms with van der Waals surface area (Å²) in [5, 5.41) is 9.01. The van der Waals surface area contributed by atoms with Crippen LogP contribution in [0.2, 0.25) is 0 Å². The molecule has 2 fully saturated rings. The smallest absolute Gasteiger partial charge is 0.262 e. The van der Waals surface area contributed by atoms with Crippen molar-refractivity contribution in [3.05, 3.63) is 40.8 Å². The first kappa shape index (κ1) is 17.5. The number of nitrogens with zero attached hydrogens (tertiary/aromatic N) is 5. The van der Waals surface area contributed by atoms with Crippen LogP contribution >= 0.6 is 0 Å². The Morgan fingerprint density at radius 2 is 2.00 bits per heavy atom. The molecule has 2 aliphatic rings. The predicted octanol–water partition coefficient (Wildman–Crippen LogP) is 3.26. The largest absolute Gasteiger partial charge is 0.310 e. The Morgan fingerprint density at radius 1 is 1.18 bits per heavy atom. The van der Waals surface area contributed by atoms with Crippen molar-refractivity contribution in [3.8, 4) is 0 Å². The van der Waals surface area contributed by atoms with E-state index in [1.165, 1.54) is 6.20 Å². The highest BCUT2D eigenvalue weighted by Crippen LogP contribution is 2.42. The van der Waals surface area contributed by atoms with Crippen molar-refractivity contribution in [2.75, 3.05) is 0 Å². The van der Waals surface area contributed by atoms with Gasteiger partial charge in [0.05, 0.1) is 12.2 Å². The lowest BCUT2D eigenvalue weighted by atomic mass is 9.73. The molecule has 3 aromatic rings. The molecular formula is C19H22F2N6O. The summed E-state index contributed by atoms with van der Waals surface area (Å²) in [4.78, 5) is 20.2. The van der Waals surface area contributed by atoms with Gasteiger partial charge in [0.1, 0.15) is 11.2 Å². The van der Waals surface area contributed by atoms with Gasteiger partial charge >= 0.3 is 0 Å². The molecule has 0 aliphatic heterocycles. The van der Waals surface area contributed by atoms with Crippen molar-refractivity contribution >= 4 is 11.0 Å². The average molecular weight is 388 g/mol. The third-order valence-corrected chi connectivity index (χ3v) is 6.26. The summed E-state index contributed by atoms with van der Waals surface area (Å²) >= 11 is 0. The Hall–Kier alpha value is -2.58. The first-order valence-corrected chi connectivity index (χ1v) is 9.83. The fourth-order valence-corrected chi connectivity index (χ4v) is 4.46. The molecule has 28 heavy (non-hydrogen) atoms. The quantitative estimate of drug-likeness (QED) is 0.744. The second kappa shape index (κ2) is 6.49. The summed E-state index contributed by atoms with van der Waals surface area (Å²) in [6.07, 6.45) is 7.60. The van der Waals surface area contributed by atoms with Gasteiger partial charge in [0, 0.05) is 37.7 Å². The summed E-state index contributed by atoms with van der Waals surface area (Å²) in [6.45, 7) is 0.788. The number of hydrogen-bond acceptors (Lipinski definition) is 4. The average Bonchev–Trinajstić information content (AvgIpc) is 3.29. The number of hydrogen-bond donors (Lipinski definition) is 1. The lowest BCUT2D eigenvalue weighted by Gasteiger charge is -2.35. The van der Waals surface area contributed by atoms with Gasteiger partial charge in [-0.1, -0.05) is 0 Å². The fourth-order valence-electron chi connectivity index (χ4n) is 4.46. The van der Waals surface area contributed by atoms with E-state index in [1.54, 1.807) is 10.9 Å². The Morgan fingerprint density at radius 3 is 2.68 bits per heavy atom. The van der Waals surface area contributed by atoms with Crippen LogP contribution in [0.15, 0.2) is 29.5 Å². The number of rotatable bonds is 4. The van der Waals surface area contributed by atoms with Gasteiger partial charge in [0.25, 0.3) is 5.56 Å². The fraction of sp³-hybridized carbons (Fsp3) is 0.579. The van der Waals surface area contributed by atoms with Crippen LogP contribution in [-0.4, -0.2) is 35.5 Å². The molecule has 0 radical (unpaired) electrons. The van der Waals surface area contributed by atoms with Gasteiger partial charge in [-0.15, -0.1) is 0 Å². The first-order chi connectivity index (χ1) is 13.5. The number of aromatic nitrogens is 6. The highest BCUT2D eigenvalue weighted by molar-refractivity contribution is 5.73. The maximum atomic E-state index is 13.5. The zero-order chi connectivity index (χ0) is 19.3. The van der Waals surface area contributed by atoms with E-state index in [-0.39, 0.29) is 30.4 Å². The third kappa shape index (κ3) is 3.02. The minimum Gasteiger partial charge on any atom is -0.310 e. The van der Waals surface area contributed by atoms with Crippen LogP contribution in [0.25, 0.3) is 11.0 Å². The molecular weight excluding hydrogens is 366 g/mol. The third-order valence-electron chi connectivity index (χ3n) is 6.26. The van der Waals surface area contributed by atoms with Crippen LogP contribution in [0.5, 0.6) is 0 Å². The van der Waals surface area contributed by atoms with Gasteiger partial charge in [-0.25, -0.2) is 18.4 Å². The lowest BCUT2D eigenvalue weighted by Crippen LogP contribution is -2.31. The summed E-state index contributed by atoms with van der Waals surface area (Å²) < 4.78 is 30.6. The molecule has 0 spiro atoms. The molecule has 3 heterocycles. The van der Waals surface area contributed by atoms with Crippen LogP contribution in [0.3, 0.4) is 0 Å². The normalized spacial score (nSPS) is 25.1. The monoisotopic (exact) mass is 388 g/mol. The van der Waals surface area contributed by atoms with Crippen LogP contribution < -0.4 is 5.56 Å². The number of H-pyrrole nitrogens is 1. The zero-order valence-electron chi connectivity index (χ0n) is 15.4. The van der Waals surface area contributed by atoms with Crippen molar-refractivity contribution in [1.82, 2.24) is 29.5 Å². The number of nitrogens with one attached hydrogen (secondary N) is 1. The topological polar surface area (TPSA) is 81.4 Å². The van der Waals surface area contributed by atoms with Crippen LogP contribution in [0.1, 0.15) is 56.3 Å². The Balaban J connectivity index is 1.44. The number of aromatic amines is 1. The molecule has 148 valence electrons. The molecule has 2 saturated carbocycles. The highest BCUT2D eigenvalue weighted by atomic mass is 19.3. The van der Waals surface area contributed by atoms with Crippen molar-refractivity contribution in [1.29, 1.82) is 0 Å². The maximum Gasteiger partial charge on any atom is 0.262 e. The van der Waals surface area contributed by atoms with Gasteiger partial charge in [-0.3, -0.25) is 9.48 Å². The second-order valence-corrected chi connectivity index (χ2v) is 8.04. The molecule has 2 aliphatic carbocycles. The molecule has 0 saturated heterocycles. The minimum atomic E-state index is -2.60. The first-order valence-electron chi connectivity index (χ1n) is 9.83. The van der Waals surface area contributed by atoms with Crippen LogP contribution in [0, 0.1) is 5.92 Å². The molecule has 1 N–H and O–H groups in total. The van der Waals surface area contributed by atoms with Crippen molar-refractivity contribution in [3.63, 3.8) is 0 Å². The molecule has 5 rings (SSSR count). The number of alkyl halides is 2. The van der Waals surface area contributed by atoms with Crippen LogP contribution in [0.4, 0.5) is 8.78 Å². The van der Waals surface area contributed by atoms with E-state index in [0.29, 0.717) is 35.6 Å². The summed E-state index contributed by atoms with van der Waals surface area (Å²) in [7, 11) is 0. The summed E-state index contributed by atoms with van der Waals surface area (Å²) in [5.41, 5.74) is 0.302.